The second-order valence-electron chi connectivity index (χ2n) is 4.78. The first-order valence-corrected chi connectivity index (χ1v) is 6.70. The highest BCUT2D eigenvalue weighted by molar-refractivity contribution is 5.39. The Morgan fingerprint density at radius 1 is 1.35 bits per heavy atom. The zero-order valence-corrected chi connectivity index (χ0v) is 12.3. The first-order valence-electron chi connectivity index (χ1n) is 6.70. The molecule has 0 spiro atoms. The predicted molar refractivity (Wildman–Crippen MR) is 76.5 cm³/mol. The number of nitrogens with zero attached hydrogens (tertiary/aromatic N) is 2. The molecule has 108 valence electrons. The van der Waals surface area contributed by atoms with E-state index in [0.29, 0.717) is 18.2 Å². The Bertz CT molecular complexity index is 607. The van der Waals surface area contributed by atoms with Gasteiger partial charge in [0.25, 0.3) is 0 Å². The topological polar surface area (TPSA) is 39.1 Å². The molecule has 0 aliphatic rings. The summed E-state index contributed by atoms with van der Waals surface area (Å²) in [6.45, 7) is 7.41. The molecule has 1 heterocycles. The summed E-state index contributed by atoms with van der Waals surface area (Å²) >= 11 is 0. The van der Waals surface area contributed by atoms with Gasteiger partial charge in [-0.3, -0.25) is 0 Å². The van der Waals surface area contributed by atoms with Gasteiger partial charge < -0.3 is 10.1 Å². The van der Waals surface area contributed by atoms with Crippen molar-refractivity contribution in [3.63, 3.8) is 0 Å². The monoisotopic (exact) mass is 277 g/mol. The summed E-state index contributed by atoms with van der Waals surface area (Å²) in [5.41, 5.74) is 2.72. The Labute approximate surface area is 118 Å². The lowest BCUT2D eigenvalue weighted by Crippen LogP contribution is -2.13. The van der Waals surface area contributed by atoms with Crippen LogP contribution in [0.2, 0.25) is 0 Å². The van der Waals surface area contributed by atoms with E-state index in [9.17, 15) is 4.39 Å². The van der Waals surface area contributed by atoms with Crippen LogP contribution < -0.4 is 10.1 Å². The molecule has 0 saturated carbocycles. The molecule has 1 aromatic carbocycles. The molecule has 1 N–H and O–H groups in total. The SMILES string of the molecule is CCNCc1c(C)nn(C)c1Oc1ccc(F)cc1C. The van der Waals surface area contributed by atoms with Crippen LogP contribution >= 0.6 is 0 Å². The lowest BCUT2D eigenvalue weighted by atomic mass is 10.2. The van der Waals surface area contributed by atoms with Crippen molar-refractivity contribution in [1.82, 2.24) is 15.1 Å². The third-order valence-electron chi connectivity index (χ3n) is 3.18. The molecule has 2 aromatic rings. The number of hydrogen-bond acceptors (Lipinski definition) is 3. The first kappa shape index (κ1) is 14.5. The fourth-order valence-corrected chi connectivity index (χ4v) is 2.09. The van der Waals surface area contributed by atoms with Gasteiger partial charge in [0.2, 0.25) is 5.88 Å². The lowest BCUT2D eigenvalue weighted by molar-refractivity contribution is 0.420. The molecule has 0 atom stereocenters. The summed E-state index contributed by atoms with van der Waals surface area (Å²) < 4.78 is 20.8. The number of hydrogen-bond donors (Lipinski definition) is 1. The quantitative estimate of drug-likeness (QED) is 0.913. The minimum absolute atomic E-state index is 0.260. The van der Waals surface area contributed by atoms with Gasteiger partial charge in [-0.05, 0) is 44.2 Å². The van der Waals surface area contributed by atoms with Crippen LogP contribution in [-0.4, -0.2) is 16.3 Å². The number of ether oxygens (including phenoxy) is 1. The molecule has 0 fully saturated rings. The van der Waals surface area contributed by atoms with Crippen molar-refractivity contribution in [3.8, 4) is 11.6 Å². The van der Waals surface area contributed by atoms with Crippen LogP contribution in [0.3, 0.4) is 0 Å². The van der Waals surface area contributed by atoms with Crippen LogP contribution in [-0.2, 0) is 13.6 Å². The van der Waals surface area contributed by atoms with Gasteiger partial charge in [0.05, 0.1) is 11.3 Å². The Hall–Kier alpha value is -1.88. The van der Waals surface area contributed by atoms with Crippen molar-refractivity contribution in [2.24, 2.45) is 7.05 Å². The van der Waals surface area contributed by atoms with Gasteiger partial charge in [-0.2, -0.15) is 5.10 Å². The number of halogens is 1. The summed E-state index contributed by atoms with van der Waals surface area (Å²) in [7, 11) is 1.84. The Morgan fingerprint density at radius 2 is 2.10 bits per heavy atom. The van der Waals surface area contributed by atoms with Crippen molar-refractivity contribution in [3.05, 3.63) is 40.8 Å². The summed E-state index contributed by atoms with van der Waals surface area (Å²) in [5, 5.41) is 7.66. The van der Waals surface area contributed by atoms with E-state index in [4.69, 9.17) is 4.74 Å². The van der Waals surface area contributed by atoms with Gasteiger partial charge in [0.15, 0.2) is 0 Å². The van der Waals surface area contributed by atoms with Crippen LogP contribution in [0.15, 0.2) is 18.2 Å². The number of aromatic nitrogens is 2. The number of nitrogens with one attached hydrogen (secondary N) is 1. The molecule has 0 saturated heterocycles. The van der Waals surface area contributed by atoms with Crippen molar-refractivity contribution < 1.29 is 9.13 Å². The van der Waals surface area contributed by atoms with Crippen molar-refractivity contribution in [2.45, 2.75) is 27.3 Å². The fraction of sp³-hybridized carbons (Fsp3) is 0.400. The minimum atomic E-state index is -0.260. The van der Waals surface area contributed by atoms with E-state index in [-0.39, 0.29) is 5.82 Å². The normalized spacial score (nSPS) is 10.8. The van der Waals surface area contributed by atoms with Crippen LogP contribution in [0.5, 0.6) is 11.6 Å². The maximum atomic E-state index is 13.1. The van der Waals surface area contributed by atoms with Crippen LogP contribution in [0.4, 0.5) is 4.39 Å². The van der Waals surface area contributed by atoms with Crippen LogP contribution in [0, 0.1) is 19.7 Å². The van der Waals surface area contributed by atoms with Crippen molar-refractivity contribution in [1.29, 1.82) is 0 Å². The fourth-order valence-electron chi connectivity index (χ4n) is 2.09. The van der Waals surface area contributed by atoms with Gasteiger partial charge in [-0.25, -0.2) is 9.07 Å². The summed E-state index contributed by atoms with van der Waals surface area (Å²) in [6.07, 6.45) is 0. The zero-order valence-electron chi connectivity index (χ0n) is 12.3. The molecule has 0 amide bonds. The molecule has 1 aromatic heterocycles. The smallest absolute Gasteiger partial charge is 0.222 e. The highest BCUT2D eigenvalue weighted by Gasteiger charge is 2.16. The largest absolute Gasteiger partial charge is 0.439 e. The lowest BCUT2D eigenvalue weighted by Gasteiger charge is -2.11. The molecule has 0 aliphatic heterocycles. The number of aryl methyl sites for hydroxylation is 3. The van der Waals surface area contributed by atoms with E-state index in [1.807, 2.05) is 20.9 Å². The molecular weight excluding hydrogens is 257 g/mol. The molecule has 0 radical (unpaired) electrons. The third kappa shape index (κ3) is 2.99. The molecular formula is C15H20FN3O. The first-order chi connectivity index (χ1) is 9.52. The maximum absolute atomic E-state index is 13.1. The highest BCUT2D eigenvalue weighted by atomic mass is 19.1. The molecule has 0 unspecified atom stereocenters. The van der Waals surface area contributed by atoms with Gasteiger partial charge in [-0.15, -0.1) is 0 Å². The molecule has 2 rings (SSSR count). The number of benzene rings is 1. The van der Waals surface area contributed by atoms with Crippen molar-refractivity contribution in [2.75, 3.05) is 6.54 Å². The molecule has 0 aliphatic carbocycles. The average molecular weight is 277 g/mol. The van der Waals surface area contributed by atoms with E-state index in [0.717, 1.165) is 23.4 Å². The van der Waals surface area contributed by atoms with Crippen LogP contribution in [0.1, 0.15) is 23.7 Å². The summed E-state index contributed by atoms with van der Waals surface area (Å²) in [5.74, 6) is 1.08. The van der Waals surface area contributed by atoms with Gasteiger partial charge in [0, 0.05) is 13.6 Å². The Balaban J connectivity index is 2.32. The van der Waals surface area contributed by atoms with E-state index in [1.54, 1.807) is 10.7 Å². The van der Waals surface area contributed by atoms with E-state index < -0.39 is 0 Å². The zero-order chi connectivity index (χ0) is 14.7. The standard InChI is InChI=1S/C15H20FN3O/c1-5-17-9-13-11(3)18-19(4)15(13)20-14-7-6-12(16)8-10(14)2/h6-8,17H,5,9H2,1-4H3. The van der Waals surface area contributed by atoms with Gasteiger partial charge >= 0.3 is 0 Å². The third-order valence-corrected chi connectivity index (χ3v) is 3.18. The average Bonchev–Trinajstić information content (AvgIpc) is 2.65. The van der Waals surface area contributed by atoms with Gasteiger partial charge in [0.1, 0.15) is 11.6 Å². The van der Waals surface area contributed by atoms with Gasteiger partial charge in [-0.1, -0.05) is 6.92 Å². The van der Waals surface area contributed by atoms with Crippen LogP contribution in [0.25, 0.3) is 0 Å². The van der Waals surface area contributed by atoms with Crippen molar-refractivity contribution >= 4 is 0 Å². The molecule has 4 nitrogen and oxygen atoms in total. The number of rotatable bonds is 5. The second-order valence-corrected chi connectivity index (χ2v) is 4.78. The van der Waals surface area contributed by atoms with E-state index in [2.05, 4.69) is 17.3 Å². The Kier molecular flexibility index (Phi) is 4.39. The summed E-state index contributed by atoms with van der Waals surface area (Å²) in [6, 6.07) is 4.50. The highest BCUT2D eigenvalue weighted by Crippen LogP contribution is 2.29. The summed E-state index contributed by atoms with van der Waals surface area (Å²) in [4.78, 5) is 0. The Morgan fingerprint density at radius 3 is 2.75 bits per heavy atom. The van der Waals surface area contributed by atoms with E-state index in [1.165, 1.54) is 12.1 Å². The minimum Gasteiger partial charge on any atom is -0.439 e. The second kappa shape index (κ2) is 6.05. The molecule has 5 heteroatoms. The molecule has 20 heavy (non-hydrogen) atoms. The molecule has 0 bridgehead atoms. The maximum Gasteiger partial charge on any atom is 0.222 e. The van der Waals surface area contributed by atoms with E-state index >= 15 is 0 Å². The predicted octanol–water partition coefficient (Wildman–Crippen LogP) is 3.08.